The first-order valence-electron chi connectivity index (χ1n) is 5.41. The van der Waals surface area contributed by atoms with Crippen LogP contribution >= 0.6 is 0 Å². The fraction of sp³-hybridized carbons (Fsp3) is 0.214. The van der Waals surface area contributed by atoms with Crippen molar-refractivity contribution in [3.05, 3.63) is 42.0 Å². The van der Waals surface area contributed by atoms with Crippen molar-refractivity contribution in [2.45, 2.75) is 6.92 Å². The Labute approximate surface area is 95.6 Å². The van der Waals surface area contributed by atoms with Crippen LogP contribution in [0.15, 0.2) is 41.4 Å². The monoisotopic (exact) mass is 213 g/mol. The van der Waals surface area contributed by atoms with Crippen molar-refractivity contribution in [3.8, 4) is 5.75 Å². The molecule has 16 heavy (non-hydrogen) atoms. The van der Waals surface area contributed by atoms with E-state index in [2.05, 4.69) is 29.3 Å². The maximum atomic E-state index is 5.19. The van der Waals surface area contributed by atoms with Crippen molar-refractivity contribution < 1.29 is 4.74 Å². The van der Waals surface area contributed by atoms with Gasteiger partial charge in [-0.15, -0.1) is 0 Å². The minimum atomic E-state index is 0.820. The second kappa shape index (κ2) is 4.79. The Morgan fingerprint density at radius 3 is 2.62 bits per heavy atom. The van der Waals surface area contributed by atoms with Gasteiger partial charge in [-0.1, -0.05) is 18.2 Å². The summed E-state index contributed by atoms with van der Waals surface area (Å²) in [6.45, 7) is 2.85. The maximum absolute atomic E-state index is 5.19. The highest BCUT2D eigenvalue weighted by atomic mass is 16.5. The Hall–Kier alpha value is -1.83. The quantitative estimate of drug-likeness (QED) is 0.717. The number of hydrogen-bond donors (Lipinski definition) is 0. The predicted molar refractivity (Wildman–Crippen MR) is 68.6 cm³/mol. The van der Waals surface area contributed by atoms with Crippen LogP contribution in [-0.2, 0) is 0 Å². The first kappa shape index (κ1) is 10.7. The molecule has 0 saturated heterocycles. The molecule has 0 aliphatic rings. The maximum Gasteiger partial charge on any atom is 0.119 e. The van der Waals surface area contributed by atoms with Gasteiger partial charge in [-0.2, -0.15) is 0 Å². The summed E-state index contributed by atoms with van der Waals surface area (Å²) in [7, 11) is 1.68. The molecule has 2 aromatic carbocycles. The second-order valence-corrected chi connectivity index (χ2v) is 3.60. The van der Waals surface area contributed by atoms with Gasteiger partial charge in [-0.3, -0.25) is 4.99 Å². The standard InChI is InChI=1S/C14H15NO/c1-3-15-10-11-4-5-13-9-14(16-2)7-6-12(13)8-11/h4-10H,3H2,1-2H3. The molecular weight excluding hydrogens is 198 g/mol. The van der Waals surface area contributed by atoms with E-state index in [1.807, 2.05) is 25.3 Å². The van der Waals surface area contributed by atoms with Gasteiger partial charge < -0.3 is 4.74 Å². The van der Waals surface area contributed by atoms with Gasteiger partial charge in [-0.05, 0) is 41.5 Å². The zero-order valence-electron chi connectivity index (χ0n) is 9.60. The molecule has 0 atom stereocenters. The van der Waals surface area contributed by atoms with E-state index in [0.717, 1.165) is 17.9 Å². The zero-order chi connectivity index (χ0) is 11.4. The summed E-state index contributed by atoms with van der Waals surface area (Å²) >= 11 is 0. The molecule has 0 saturated carbocycles. The van der Waals surface area contributed by atoms with Crippen LogP contribution in [0.5, 0.6) is 5.75 Å². The van der Waals surface area contributed by atoms with Crippen molar-refractivity contribution in [3.63, 3.8) is 0 Å². The molecule has 0 fully saturated rings. The summed E-state index contributed by atoms with van der Waals surface area (Å²) in [6, 6.07) is 12.4. The van der Waals surface area contributed by atoms with E-state index < -0.39 is 0 Å². The Morgan fingerprint density at radius 1 is 1.12 bits per heavy atom. The third-order valence-corrected chi connectivity index (χ3v) is 2.49. The fourth-order valence-corrected chi connectivity index (χ4v) is 1.65. The number of rotatable bonds is 3. The third kappa shape index (κ3) is 2.22. The van der Waals surface area contributed by atoms with Gasteiger partial charge in [-0.25, -0.2) is 0 Å². The van der Waals surface area contributed by atoms with Crippen molar-refractivity contribution in [2.75, 3.05) is 13.7 Å². The highest BCUT2D eigenvalue weighted by Crippen LogP contribution is 2.21. The van der Waals surface area contributed by atoms with Crippen LogP contribution in [0.4, 0.5) is 0 Å². The average Bonchev–Trinajstić information content (AvgIpc) is 2.35. The Bertz CT molecular complexity index is 517. The van der Waals surface area contributed by atoms with E-state index in [9.17, 15) is 0 Å². The van der Waals surface area contributed by atoms with E-state index in [1.165, 1.54) is 10.8 Å². The molecule has 0 spiro atoms. The number of hydrogen-bond acceptors (Lipinski definition) is 2. The van der Waals surface area contributed by atoms with Gasteiger partial charge in [0.2, 0.25) is 0 Å². The van der Waals surface area contributed by atoms with Gasteiger partial charge in [0.15, 0.2) is 0 Å². The summed E-state index contributed by atoms with van der Waals surface area (Å²) in [4.78, 5) is 4.23. The summed E-state index contributed by atoms with van der Waals surface area (Å²) in [6.07, 6.45) is 1.91. The lowest BCUT2D eigenvalue weighted by molar-refractivity contribution is 0.415. The normalized spacial score (nSPS) is 11.1. The lowest BCUT2D eigenvalue weighted by Crippen LogP contribution is -1.85. The summed E-state index contributed by atoms with van der Waals surface area (Å²) in [5.74, 6) is 0.891. The molecule has 2 nitrogen and oxygen atoms in total. The summed E-state index contributed by atoms with van der Waals surface area (Å²) in [5.41, 5.74) is 1.14. The molecule has 0 aliphatic heterocycles. The van der Waals surface area contributed by atoms with Gasteiger partial charge in [0, 0.05) is 12.8 Å². The van der Waals surface area contributed by atoms with Gasteiger partial charge in [0.1, 0.15) is 5.75 Å². The molecule has 0 aliphatic carbocycles. The van der Waals surface area contributed by atoms with Gasteiger partial charge in [0.05, 0.1) is 7.11 Å². The number of methoxy groups -OCH3 is 1. The number of nitrogens with zero attached hydrogens (tertiary/aromatic N) is 1. The van der Waals surface area contributed by atoms with Crippen molar-refractivity contribution in [1.82, 2.24) is 0 Å². The van der Waals surface area contributed by atoms with Gasteiger partial charge >= 0.3 is 0 Å². The molecule has 0 unspecified atom stereocenters. The van der Waals surface area contributed by atoms with Crippen molar-refractivity contribution in [1.29, 1.82) is 0 Å². The molecule has 2 aromatic rings. The van der Waals surface area contributed by atoms with Crippen LogP contribution < -0.4 is 4.74 Å². The molecule has 0 bridgehead atoms. The predicted octanol–water partition coefficient (Wildman–Crippen LogP) is 3.29. The molecule has 2 heteroatoms. The van der Waals surface area contributed by atoms with Gasteiger partial charge in [0.25, 0.3) is 0 Å². The molecule has 0 amide bonds. The second-order valence-electron chi connectivity index (χ2n) is 3.60. The van der Waals surface area contributed by atoms with Crippen LogP contribution in [0.1, 0.15) is 12.5 Å². The van der Waals surface area contributed by atoms with E-state index in [1.54, 1.807) is 7.11 Å². The molecular formula is C14H15NO. The Balaban J connectivity index is 2.43. The van der Waals surface area contributed by atoms with Crippen molar-refractivity contribution >= 4 is 17.0 Å². The Morgan fingerprint density at radius 2 is 1.88 bits per heavy atom. The van der Waals surface area contributed by atoms with Crippen LogP contribution in [0.25, 0.3) is 10.8 Å². The highest BCUT2D eigenvalue weighted by Gasteiger charge is 1.97. The first-order valence-corrected chi connectivity index (χ1v) is 5.41. The minimum absolute atomic E-state index is 0.820. The molecule has 0 radical (unpaired) electrons. The van der Waals surface area contributed by atoms with E-state index >= 15 is 0 Å². The van der Waals surface area contributed by atoms with Crippen LogP contribution in [0.2, 0.25) is 0 Å². The number of benzene rings is 2. The number of fused-ring (bicyclic) bond motifs is 1. The fourth-order valence-electron chi connectivity index (χ4n) is 1.65. The van der Waals surface area contributed by atoms with Crippen LogP contribution in [0.3, 0.4) is 0 Å². The molecule has 82 valence electrons. The van der Waals surface area contributed by atoms with E-state index in [4.69, 9.17) is 4.74 Å². The molecule has 2 rings (SSSR count). The number of aliphatic imine (C=N–C) groups is 1. The summed E-state index contributed by atoms with van der Waals surface area (Å²) in [5, 5.41) is 2.40. The Kier molecular flexibility index (Phi) is 3.20. The lowest BCUT2D eigenvalue weighted by atomic mass is 10.1. The summed E-state index contributed by atoms with van der Waals surface area (Å²) < 4.78 is 5.19. The highest BCUT2D eigenvalue weighted by molar-refractivity contribution is 5.91. The number of ether oxygens (including phenoxy) is 1. The smallest absolute Gasteiger partial charge is 0.119 e. The zero-order valence-corrected chi connectivity index (χ0v) is 9.60. The van der Waals surface area contributed by atoms with Crippen LogP contribution in [0, 0.1) is 0 Å². The SMILES string of the molecule is CCN=Cc1ccc2cc(OC)ccc2c1. The third-order valence-electron chi connectivity index (χ3n) is 2.49. The average molecular weight is 213 g/mol. The van der Waals surface area contributed by atoms with E-state index in [0.29, 0.717) is 0 Å². The van der Waals surface area contributed by atoms with E-state index in [-0.39, 0.29) is 0 Å². The van der Waals surface area contributed by atoms with Crippen LogP contribution in [-0.4, -0.2) is 19.9 Å². The minimum Gasteiger partial charge on any atom is -0.497 e. The first-order chi connectivity index (χ1) is 7.83. The molecule has 0 N–H and O–H groups in total. The topological polar surface area (TPSA) is 21.6 Å². The molecule has 0 aromatic heterocycles. The van der Waals surface area contributed by atoms with Crippen molar-refractivity contribution in [2.24, 2.45) is 4.99 Å². The lowest BCUT2D eigenvalue weighted by Gasteiger charge is -2.03. The molecule has 0 heterocycles. The largest absolute Gasteiger partial charge is 0.497 e.